The highest BCUT2D eigenvalue weighted by Gasteiger charge is 2.74. The summed E-state index contributed by atoms with van der Waals surface area (Å²) < 4.78 is 55.5. The van der Waals surface area contributed by atoms with Crippen LogP contribution in [-0.4, -0.2) is 130 Å². The first-order chi connectivity index (χ1) is 23.2. The first-order valence-corrected chi connectivity index (χ1v) is 19.8. The second-order valence-corrected chi connectivity index (χ2v) is 18.2. The molecule has 5 rings (SSSR count). The Labute approximate surface area is 296 Å². The topological polar surface area (TPSA) is 233 Å². The van der Waals surface area contributed by atoms with Gasteiger partial charge in [-0.1, -0.05) is 41.0 Å². The molecule has 1 saturated heterocycles. The lowest BCUT2D eigenvalue weighted by molar-refractivity contribution is -0.277. The molecular formula is C35H62O14S. The van der Waals surface area contributed by atoms with Crippen LogP contribution in [0.4, 0.5) is 0 Å². The number of fused-ring (bicyclic) bond motifs is 5. The largest absolute Gasteiger partial charge is 0.397 e. The number of hydrogen-bond acceptors (Lipinski definition) is 13. The zero-order valence-corrected chi connectivity index (χ0v) is 31.1. The molecule has 0 unspecified atom stereocenters. The zero-order chi connectivity index (χ0) is 37.1. The second kappa shape index (κ2) is 15.0. The van der Waals surface area contributed by atoms with Gasteiger partial charge in [-0.05, 0) is 78.9 Å². The van der Waals surface area contributed by atoms with E-state index in [-0.39, 0.29) is 37.2 Å². The van der Waals surface area contributed by atoms with Gasteiger partial charge in [-0.3, -0.25) is 4.55 Å². The molecular weight excluding hydrogens is 676 g/mol. The van der Waals surface area contributed by atoms with Crippen LogP contribution in [0.25, 0.3) is 0 Å². The van der Waals surface area contributed by atoms with E-state index < -0.39 is 99.7 Å². The van der Waals surface area contributed by atoms with Crippen LogP contribution < -0.4 is 0 Å². The molecule has 5 fully saturated rings. The van der Waals surface area contributed by atoms with Crippen molar-refractivity contribution in [3.05, 3.63) is 0 Å². The molecule has 18 atom stereocenters. The summed E-state index contributed by atoms with van der Waals surface area (Å²) in [5, 5.41) is 78.6. The van der Waals surface area contributed by atoms with Crippen LogP contribution in [0.15, 0.2) is 0 Å². The van der Waals surface area contributed by atoms with Crippen molar-refractivity contribution in [2.24, 2.45) is 52.3 Å². The highest BCUT2D eigenvalue weighted by molar-refractivity contribution is 7.80. The highest BCUT2D eigenvalue weighted by atomic mass is 32.3. The minimum absolute atomic E-state index is 0.0648. The molecule has 5 aliphatic rings. The maximum absolute atomic E-state index is 12.8. The predicted molar refractivity (Wildman–Crippen MR) is 179 cm³/mol. The summed E-state index contributed by atoms with van der Waals surface area (Å²) in [4.78, 5) is 0. The van der Waals surface area contributed by atoms with Crippen molar-refractivity contribution in [1.82, 2.24) is 0 Å². The Morgan fingerprint density at radius 3 is 2.12 bits per heavy atom. The average Bonchev–Trinajstić information content (AvgIpc) is 3.22. The van der Waals surface area contributed by atoms with Crippen molar-refractivity contribution >= 4 is 10.4 Å². The fourth-order valence-electron chi connectivity index (χ4n) is 11.8. The smallest absolute Gasteiger partial charge is 0.390 e. The summed E-state index contributed by atoms with van der Waals surface area (Å²) in [6.45, 7) is 10.6. The third-order valence-electron chi connectivity index (χ3n) is 14.2. The van der Waals surface area contributed by atoms with Gasteiger partial charge in [-0.15, -0.1) is 0 Å². The molecule has 50 heavy (non-hydrogen) atoms. The summed E-state index contributed by atoms with van der Waals surface area (Å²) in [6.07, 6.45) is -6.63. The molecule has 8 N–H and O–H groups in total. The number of aliphatic hydroxyl groups excluding tert-OH is 6. The fourth-order valence-corrected chi connectivity index (χ4v) is 12.3. The van der Waals surface area contributed by atoms with Gasteiger partial charge in [0.2, 0.25) is 0 Å². The minimum atomic E-state index is -5.00. The normalized spacial score (nSPS) is 49.2. The molecule has 15 heteroatoms. The Bertz CT molecular complexity index is 1270. The van der Waals surface area contributed by atoms with Gasteiger partial charge in [0.1, 0.15) is 18.3 Å². The Morgan fingerprint density at radius 1 is 0.840 bits per heavy atom. The molecule has 0 radical (unpaired) electrons. The SMILES string of the molecule is CO[C@H]1CO[C@@H](OCC[C@@H](CC[C@@H](C)[C@H]2[C@@H](O)[C@@H](O)[C@@H]3[C@]2(C)CC[C@@H]2[C@@]4(C)CC[C@H](O)[C@H](O)[C@@H]4[C@@H](OS(=O)(=O)O)C[C@]23O)C(C)C)[C@H](O)[C@H]1O. The first kappa shape index (κ1) is 40.7. The molecule has 292 valence electrons. The van der Waals surface area contributed by atoms with Gasteiger partial charge in [0.05, 0.1) is 49.3 Å². The van der Waals surface area contributed by atoms with E-state index in [0.29, 0.717) is 38.2 Å². The third-order valence-corrected chi connectivity index (χ3v) is 14.7. The molecule has 0 aromatic rings. The van der Waals surface area contributed by atoms with Crippen molar-refractivity contribution in [3.63, 3.8) is 0 Å². The molecule has 4 aliphatic carbocycles. The van der Waals surface area contributed by atoms with Crippen molar-refractivity contribution in [2.45, 2.75) is 147 Å². The van der Waals surface area contributed by atoms with Crippen LogP contribution in [0.1, 0.15) is 86.0 Å². The maximum Gasteiger partial charge on any atom is 0.397 e. The molecule has 1 heterocycles. The van der Waals surface area contributed by atoms with E-state index in [4.69, 9.17) is 18.4 Å². The highest BCUT2D eigenvalue weighted by Crippen LogP contribution is 2.70. The Kier molecular flexibility index (Phi) is 12.2. The molecule has 0 amide bonds. The van der Waals surface area contributed by atoms with Crippen LogP contribution in [0, 0.1) is 52.3 Å². The number of ether oxygens (including phenoxy) is 3. The molecule has 0 aromatic heterocycles. The number of methoxy groups -OCH3 is 1. The van der Waals surface area contributed by atoms with E-state index in [2.05, 4.69) is 20.8 Å². The lowest BCUT2D eigenvalue weighted by Gasteiger charge is -2.66. The monoisotopic (exact) mass is 738 g/mol. The van der Waals surface area contributed by atoms with Crippen molar-refractivity contribution in [3.8, 4) is 0 Å². The fraction of sp³-hybridized carbons (Fsp3) is 1.00. The van der Waals surface area contributed by atoms with Crippen molar-refractivity contribution < 1.29 is 67.1 Å². The van der Waals surface area contributed by atoms with E-state index >= 15 is 0 Å². The van der Waals surface area contributed by atoms with Gasteiger partial charge in [0.15, 0.2) is 6.29 Å². The van der Waals surface area contributed by atoms with Crippen molar-refractivity contribution in [2.75, 3.05) is 20.3 Å². The average molecular weight is 739 g/mol. The summed E-state index contributed by atoms with van der Waals surface area (Å²) in [6, 6.07) is 0. The van der Waals surface area contributed by atoms with E-state index in [9.17, 15) is 48.7 Å². The molecule has 0 aromatic carbocycles. The lowest BCUT2D eigenvalue weighted by Crippen LogP contribution is -2.71. The van der Waals surface area contributed by atoms with Crippen molar-refractivity contribution in [1.29, 1.82) is 0 Å². The first-order valence-electron chi connectivity index (χ1n) is 18.4. The van der Waals surface area contributed by atoms with E-state index in [1.54, 1.807) is 0 Å². The van der Waals surface area contributed by atoms with Gasteiger partial charge < -0.3 is 50.0 Å². The zero-order valence-electron chi connectivity index (χ0n) is 30.2. The number of rotatable bonds is 12. The van der Waals surface area contributed by atoms with E-state index in [1.165, 1.54) is 7.11 Å². The van der Waals surface area contributed by atoms with Gasteiger partial charge in [-0.25, -0.2) is 4.18 Å². The van der Waals surface area contributed by atoms with Crippen LogP contribution >= 0.6 is 0 Å². The maximum atomic E-state index is 12.8. The molecule has 0 spiro atoms. The van der Waals surface area contributed by atoms with Gasteiger partial charge in [-0.2, -0.15) is 8.42 Å². The van der Waals surface area contributed by atoms with Crippen LogP contribution in [-0.2, 0) is 28.8 Å². The lowest BCUT2D eigenvalue weighted by atomic mass is 9.41. The minimum Gasteiger partial charge on any atom is -0.390 e. The second-order valence-electron chi connectivity index (χ2n) is 17.1. The summed E-state index contributed by atoms with van der Waals surface area (Å²) in [5.74, 6) is -2.15. The summed E-state index contributed by atoms with van der Waals surface area (Å²) in [7, 11) is -3.56. The summed E-state index contributed by atoms with van der Waals surface area (Å²) in [5.41, 5.74) is -3.30. The Morgan fingerprint density at radius 2 is 1.50 bits per heavy atom. The van der Waals surface area contributed by atoms with Crippen LogP contribution in [0.5, 0.6) is 0 Å². The van der Waals surface area contributed by atoms with Gasteiger partial charge >= 0.3 is 10.4 Å². The number of hydrogen-bond donors (Lipinski definition) is 8. The summed E-state index contributed by atoms with van der Waals surface area (Å²) >= 11 is 0. The van der Waals surface area contributed by atoms with Crippen LogP contribution in [0.2, 0.25) is 0 Å². The van der Waals surface area contributed by atoms with Gasteiger partial charge in [0, 0.05) is 25.4 Å². The van der Waals surface area contributed by atoms with Crippen LogP contribution in [0.3, 0.4) is 0 Å². The third kappa shape index (κ3) is 7.18. The predicted octanol–water partition coefficient (Wildman–Crippen LogP) is 1.02. The van der Waals surface area contributed by atoms with E-state index in [1.807, 2.05) is 13.8 Å². The van der Waals surface area contributed by atoms with Gasteiger partial charge in [0.25, 0.3) is 0 Å². The molecule has 1 aliphatic heterocycles. The standard InChI is InChI=1S/C35H62O14S/c1-17(2)19(11-14-47-32-30(41)27(38)22(46-6)16-48-32)8-7-18(3)24-28(39)29(40)31-34(24,5)13-10-23-33(4)12-9-20(36)26(37)25(33)21(15-35(23,31)42)49-50(43,44)45/h17-32,36-42H,7-16H2,1-6H3,(H,43,44,45)/t18-,19-,20+,21+,22+,23-,24+,25+,26+,27+,28-,29-,30-,31-,32-,33-,34-,35+/m1/s1. The van der Waals surface area contributed by atoms with E-state index in [0.717, 1.165) is 12.8 Å². The molecule has 14 nitrogen and oxygen atoms in total. The quantitative estimate of drug-likeness (QED) is 0.131. The Hall–Kier alpha value is -0.530. The molecule has 0 bridgehead atoms. The molecule has 4 saturated carbocycles. The number of aliphatic hydroxyl groups is 7. The Balaban J connectivity index is 1.31.